The van der Waals surface area contributed by atoms with E-state index in [0.717, 1.165) is 11.3 Å². The minimum Gasteiger partial charge on any atom is -0.497 e. The molecule has 10 nitrogen and oxygen atoms in total. The zero-order valence-corrected chi connectivity index (χ0v) is 17.3. The number of nitrogens with one attached hydrogen (secondary N) is 3. The van der Waals surface area contributed by atoms with E-state index in [9.17, 15) is 9.59 Å². The molecule has 4 aromatic rings. The lowest BCUT2D eigenvalue weighted by atomic mass is 10.1. The fraction of sp³-hybridized carbons (Fsp3) is 0.190. The number of nitrogens with zero attached hydrogens (tertiary/aromatic N) is 4. The van der Waals surface area contributed by atoms with Gasteiger partial charge in [-0.2, -0.15) is 4.57 Å². The molecular formula is C21H22N7O3+. The van der Waals surface area contributed by atoms with Crippen LogP contribution in [0.1, 0.15) is 6.92 Å². The Morgan fingerprint density at radius 2 is 2.16 bits per heavy atom. The first-order valence-electron chi connectivity index (χ1n) is 9.66. The summed E-state index contributed by atoms with van der Waals surface area (Å²) in [4.78, 5) is 36.2. The molecule has 4 rings (SSSR count). The van der Waals surface area contributed by atoms with Crippen LogP contribution in [0.25, 0.3) is 28.0 Å². The van der Waals surface area contributed by atoms with E-state index in [1.54, 1.807) is 49.4 Å². The summed E-state index contributed by atoms with van der Waals surface area (Å²) >= 11 is 0. The number of aromatic nitrogens is 5. The number of H-pyrrole nitrogens is 1. The first-order chi connectivity index (χ1) is 15.0. The number of imidazole rings is 1. The number of methoxy groups -OCH3 is 1. The number of aryl methyl sites for hydroxylation is 1. The fourth-order valence-corrected chi connectivity index (χ4v) is 3.16. The zero-order valence-electron chi connectivity index (χ0n) is 17.3. The van der Waals surface area contributed by atoms with E-state index in [1.165, 1.54) is 10.8 Å². The molecule has 0 aliphatic rings. The molecule has 0 spiro atoms. The summed E-state index contributed by atoms with van der Waals surface area (Å²) < 4.78 is 8.55. The van der Waals surface area contributed by atoms with Crippen LogP contribution in [0.2, 0.25) is 0 Å². The van der Waals surface area contributed by atoms with Crippen molar-refractivity contribution in [3.63, 3.8) is 0 Å². The molecule has 0 saturated heterocycles. The van der Waals surface area contributed by atoms with Crippen molar-refractivity contribution in [2.75, 3.05) is 19.0 Å². The third-order valence-corrected chi connectivity index (χ3v) is 4.73. The van der Waals surface area contributed by atoms with Crippen molar-refractivity contribution in [2.24, 2.45) is 7.05 Å². The van der Waals surface area contributed by atoms with Crippen LogP contribution >= 0.6 is 0 Å². The molecule has 0 saturated carbocycles. The number of aromatic amines is 1. The molecule has 0 fully saturated rings. The maximum absolute atomic E-state index is 12.1. The molecule has 2 amide bonds. The van der Waals surface area contributed by atoms with E-state index in [0.29, 0.717) is 35.0 Å². The number of rotatable bonds is 5. The Balaban J connectivity index is 1.90. The second kappa shape index (κ2) is 8.27. The number of hydrogen-bond donors (Lipinski definition) is 3. The van der Waals surface area contributed by atoms with Gasteiger partial charge < -0.3 is 19.6 Å². The molecule has 3 heterocycles. The molecular weight excluding hydrogens is 398 g/mol. The number of carbonyl (C=O) groups excluding carboxylic acids is 1. The summed E-state index contributed by atoms with van der Waals surface area (Å²) in [6.45, 7) is 2.33. The number of urea groups is 1. The van der Waals surface area contributed by atoms with Crippen molar-refractivity contribution in [1.29, 1.82) is 0 Å². The highest BCUT2D eigenvalue weighted by atomic mass is 16.5. The molecule has 3 aromatic heterocycles. The van der Waals surface area contributed by atoms with E-state index >= 15 is 0 Å². The Hall–Kier alpha value is -4.21. The number of hydrogen-bond acceptors (Lipinski definition) is 5. The van der Waals surface area contributed by atoms with Gasteiger partial charge >= 0.3 is 11.6 Å². The van der Waals surface area contributed by atoms with Gasteiger partial charge in [-0.3, -0.25) is 15.1 Å². The second-order valence-electron chi connectivity index (χ2n) is 6.82. The van der Waals surface area contributed by atoms with Crippen LogP contribution in [-0.4, -0.2) is 39.2 Å². The first kappa shape index (κ1) is 20.1. The maximum atomic E-state index is 12.1. The summed E-state index contributed by atoms with van der Waals surface area (Å²) in [5.41, 5.74) is 3.26. The third kappa shape index (κ3) is 4.08. The lowest BCUT2D eigenvalue weighted by Crippen LogP contribution is -2.37. The molecule has 0 unspecified atom stereocenters. The molecule has 10 heteroatoms. The third-order valence-electron chi connectivity index (χ3n) is 4.73. The number of pyridine rings is 1. The minimum atomic E-state index is -0.358. The minimum absolute atomic E-state index is 0.146. The van der Waals surface area contributed by atoms with Crippen molar-refractivity contribution in [1.82, 2.24) is 24.8 Å². The van der Waals surface area contributed by atoms with Gasteiger partial charge in [0.05, 0.1) is 24.5 Å². The van der Waals surface area contributed by atoms with Crippen LogP contribution in [-0.2, 0) is 7.05 Å². The molecule has 0 bridgehead atoms. The summed E-state index contributed by atoms with van der Waals surface area (Å²) in [5, 5.41) is 5.36. The number of amides is 2. The van der Waals surface area contributed by atoms with E-state index in [2.05, 4.69) is 25.6 Å². The molecule has 0 atom stereocenters. The summed E-state index contributed by atoms with van der Waals surface area (Å²) in [6.07, 6.45) is 6.62. The highest BCUT2D eigenvalue weighted by Crippen LogP contribution is 2.30. The van der Waals surface area contributed by atoms with Gasteiger partial charge in [0.15, 0.2) is 6.20 Å². The molecule has 0 radical (unpaired) electrons. The van der Waals surface area contributed by atoms with Crippen LogP contribution in [0.15, 0.2) is 53.8 Å². The van der Waals surface area contributed by atoms with Gasteiger partial charge in [0.25, 0.3) is 0 Å². The SMILES string of the molecule is CCNC(=O)Nc1nc2c(-c3cc(OC)ccn3)cc(-[n+]3ccn(C)c(=O)c3)cc2[nH]1. The smallest absolute Gasteiger partial charge is 0.321 e. The number of carbonyl (C=O) groups is 1. The average Bonchev–Trinajstić information content (AvgIpc) is 3.17. The molecule has 158 valence electrons. The van der Waals surface area contributed by atoms with Crippen LogP contribution in [0.3, 0.4) is 0 Å². The monoisotopic (exact) mass is 420 g/mol. The molecule has 31 heavy (non-hydrogen) atoms. The van der Waals surface area contributed by atoms with Crippen LogP contribution in [0.5, 0.6) is 5.75 Å². The maximum Gasteiger partial charge on any atom is 0.321 e. The first-order valence-corrected chi connectivity index (χ1v) is 9.66. The van der Waals surface area contributed by atoms with Crippen molar-refractivity contribution < 1.29 is 14.1 Å². The van der Waals surface area contributed by atoms with Crippen LogP contribution in [0, 0.1) is 0 Å². The number of benzene rings is 1. The number of fused-ring (bicyclic) bond motifs is 1. The highest BCUT2D eigenvalue weighted by molar-refractivity contribution is 5.96. The molecule has 0 aliphatic carbocycles. The van der Waals surface area contributed by atoms with Gasteiger partial charge in [-0.1, -0.05) is 0 Å². The average molecular weight is 420 g/mol. The van der Waals surface area contributed by atoms with Gasteiger partial charge in [-0.05, 0) is 13.0 Å². The Labute approximate surface area is 177 Å². The lowest BCUT2D eigenvalue weighted by molar-refractivity contribution is -0.597. The normalized spacial score (nSPS) is 10.8. The zero-order chi connectivity index (χ0) is 22.0. The Morgan fingerprint density at radius 3 is 2.90 bits per heavy atom. The van der Waals surface area contributed by atoms with Crippen LogP contribution < -0.4 is 25.5 Å². The van der Waals surface area contributed by atoms with Gasteiger partial charge in [0.1, 0.15) is 11.3 Å². The van der Waals surface area contributed by atoms with Gasteiger partial charge in [0, 0.05) is 43.6 Å². The van der Waals surface area contributed by atoms with Crippen molar-refractivity contribution in [2.45, 2.75) is 6.92 Å². The molecule has 1 aromatic carbocycles. The van der Waals surface area contributed by atoms with Gasteiger partial charge in [-0.15, -0.1) is 0 Å². The second-order valence-corrected chi connectivity index (χ2v) is 6.82. The Bertz CT molecular complexity index is 1330. The topological polar surface area (TPSA) is 118 Å². The van der Waals surface area contributed by atoms with Crippen molar-refractivity contribution in [3.8, 4) is 22.7 Å². The van der Waals surface area contributed by atoms with E-state index in [1.807, 2.05) is 19.1 Å². The fourth-order valence-electron chi connectivity index (χ4n) is 3.16. The summed E-state index contributed by atoms with van der Waals surface area (Å²) in [5.74, 6) is 0.956. The largest absolute Gasteiger partial charge is 0.497 e. The number of ether oxygens (including phenoxy) is 1. The Morgan fingerprint density at radius 1 is 1.32 bits per heavy atom. The van der Waals surface area contributed by atoms with E-state index < -0.39 is 0 Å². The van der Waals surface area contributed by atoms with Crippen LogP contribution in [0.4, 0.5) is 10.7 Å². The summed E-state index contributed by atoms with van der Waals surface area (Å²) in [7, 11) is 3.28. The van der Waals surface area contributed by atoms with E-state index in [-0.39, 0.29) is 11.6 Å². The van der Waals surface area contributed by atoms with E-state index in [4.69, 9.17) is 4.74 Å². The van der Waals surface area contributed by atoms with Gasteiger partial charge in [-0.25, -0.2) is 9.78 Å². The Kier molecular flexibility index (Phi) is 5.35. The predicted molar refractivity (Wildman–Crippen MR) is 115 cm³/mol. The lowest BCUT2D eigenvalue weighted by Gasteiger charge is -2.06. The van der Waals surface area contributed by atoms with Gasteiger partial charge in [0.2, 0.25) is 17.8 Å². The quantitative estimate of drug-likeness (QED) is 0.425. The number of anilines is 1. The standard InChI is InChI=1S/C21H21N7O3/c1-4-22-21(30)26-20-24-17-10-13(28-8-7-27(2)18(29)12-28)9-15(19(17)25-20)16-11-14(31-3)5-6-23-16/h5-12H,4H2,1-3H3,(H2,22,29,30)/p+1. The molecule has 0 aliphatic heterocycles. The van der Waals surface area contributed by atoms with Crippen molar-refractivity contribution in [3.05, 3.63) is 59.4 Å². The highest BCUT2D eigenvalue weighted by Gasteiger charge is 2.18. The van der Waals surface area contributed by atoms with Crippen molar-refractivity contribution >= 4 is 23.0 Å². The predicted octanol–water partition coefficient (Wildman–Crippen LogP) is 1.75. The molecule has 3 N–H and O–H groups in total. The summed E-state index contributed by atoms with van der Waals surface area (Å²) in [6, 6.07) is 6.95.